The maximum absolute atomic E-state index is 13.7. The molecule has 0 bridgehead atoms. The number of aryl methyl sites for hydroxylation is 3. The lowest BCUT2D eigenvalue weighted by molar-refractivity contribution is 0.0562. The SMILES string of the molecule is Cc1cc(-c2cc(C3(NC(=O)c4cc(OC([Si])[C@@H]5CCN5C)ccc4C)CC3)c3cccnc3c2)c(C)o1. The molecule has 1 saturated carbocycles. The highest BCUT2D eigenvalue weighted by Crippen LogP contribution is 2.49. The molecule has 1 unspecified atom stereocenters. The molecule has 1 amide bonds. The van der Waals surface area contributed by atoms with Crippen molar-refractivity contribution in [2.45, 2.75) is 57.3 Å². The van der Waals surface area contributed by atoms with Gasteiger partial charge in [0, 0.05) is 28.8 Å². The zero-order valence-electron chi connectivity index (χ0n) is 22.3. The van der Waals surface area contributed by atoms with Crippen LogP contribution in [0, 0.1) is 20.8 Å². The molecule has 0 spiro atoms. The van der Waals surface area contributed by atoms with Crippen molar-refractivity contribution in [3.63, 3.8) is 0 Å². The van der Waals surface area contributed by atoms with Gasteiger partial charge in [-0.2, -0.15) is 0 Å². The normalized spacial score (nSPS) is 19.1. The van der Waals surface area contributed by atoms with Crippen LogP contribution < -0.4 is 10.1 Å². The number of nitrogens with one attached hydrogen (secondary N) is 1. The van der Waals surface area contributed by atoms with Crippen LogP contribution in [0.4, 0.5) is 0 Å². The molecule has 3 heterocycles. The lowest BCUT2D eigenvalue weighted by Crippen LogP contribution is -2.53. The number of fused-ring (bicyclic) bond motifs is 1. The fourth-order valence-corrected chi connectivity index (χ4v) is 6.14. The van der Waals surface area contributed by atoms with Crippen molar-refractivity contribution in [1.29, 1.82) is 0 Å². The summed E-state index contributed by atoms with van der Waals surface area (Å²) in [6.07, 6.45) is 4.66. The number of pyridine rings is 1. The monoisotopic (exact) mass is 522 g/mol. The topological polar surface area (TPSA) is 67.6 Å². The summed E-state index contributed by atoms with van der Waals surface area (Å²) < 4.78 is 12.0. The summed E-state index contributed by atoms with van der Waals surface area (Å²) >= 11 is 0. The quantitative estimate of drug-likeness (QED) is 0.329. The Morgan fingerprint density at radius 1 is 1.18 bits per heavy atom. The molecule has 1 aliphatic carbocycles. The smallest absolute Gasteiger partial charge is 0.252 e. The van der Waals surface area contributed by atoms with E-state index in [0.29, 0.717) is 17.4 Å². The maximum atomic E-state index is 13.7. The first-order chi connectivity index (χ1) is 18.2. The van der Waals surface area contributed by atoms with Crippen molar-refractivity contribution in [2.24, 2.45) is 0 Å². The van der Waals surface area contributed by atoms with Crippen molar-refractivity contribution in [3.8, 4) is 16.9 Å². The maximum Gasteiger partial charge on any atom is 0.252 e. The highest BCUT2D eigenvalue weighted by atomic mass is 28.1. The van der Waals surface area contributed by atoms with Gasteiger partial charge >= 0.3 is 0 Å². The Kier molecular flexibility index (Phi) is 6.15. The average Bonchev–Trinajstić information content (AvgIpc) is 3.58. The predicted octanol–water partition coefficient (Wildman–Crippen LogP) is 5.42. The molecule has 2 aliphatic rings. The fraction of sp³-hybridized carbons (Fsp3) is 0.355. The van der Waals surface area contributed by atoms with Crippen LogP contribution in [-0.4, -0.2) is 51.4 Å². The number of hydrogen-bond acceptors (Lipinski definition) is 5. The van der Waals surface area contributed by atoms with E-state index < -0.39 is 5.54 Å². The minimum atomic E-state index is -0.434. The van der Waals surface area contributed by atoms with Crippen LogP contribution in [0.2, 0.25) is 0 Å². The lowest BCUT2D eigenvalue weighted by Gasteiger charge is -2.41. The second kappa shape index (κ2) is 9.40. The second-order valence-electron chi connectivity index (χ2n) is 10.8. The van der Waals surface area contributed by atoms with Crippen molar-refractivity contribution in [2.75, 3.05) is 13.6 Å². The van der Waals surface area contributed by atoms with E-state index in [0.717, 1.165) is 70.5 Å². The number of hydrogen-bond donors (Lipinski definition) is 1. The highest BCUT2D eigenvalue weighted by molar-refractivity contribution is 6.11. The van der Waals surface area contributed by atoms with Crippen LogP contribution in [0.3, 0.4) is 0 Å². The molecule has 6 nitrogen and oxygen atoms in total. The minimum Gasteiger partial charge on any atom is -0.493 e. The van der Waals surface area contributed by atoms with E-state index in [1.54, 1.807) is 0 Å². The molecule has 6 rings (SSSR count). The number of likely N-dealkylation sites (tertiary alicyclic amines) is 1. The van der Waals surface area contributed by atoms with E-state index in [9.17, 15) is 4.79 Å². The zero-order chi connectivity index (χ0) is 26.6. The van der Waals surface area contributed by atoms with Gasteiger partial charge in [0.2, 0.25) is 0 Å². The van der Waals surface area contributed by atoms with Gasteiger partial charge in [0.25, 0.3) is 5.91 Å². The van der Waals surface area contributed by atoms with E-state index >= 15 is 0 Å². The number of amides is 1. The van der Waals surface area contributed by atoms with Crippen molar-refractivity contribution in [1.82, 2.24) is 15.2 Å². The number of aromatic nitrogens is 1. The van der Waals surface area contributed by atoms with Gasteiger partial charge in [-0.25, -0.2) is 0 Å². The van der Waals surface area contributed by atoms with Crippen molar-refractivity contribution in [3.05, 3.63) is 82.9 Å². The molecule has 1 saturated heterocycles. The number of furan rings is 1. The van der Waals surface area contributed by atoms with Gasteiger partial charge in [-0.1, -0.05) is 12.1 Å². The van der Waals surface area contributed by atoms with Crippen LogP contribution in [-0.2, 0) is 5.54 Å². The molecule has 2 fully saturated rings. The summed E-state index contributed by atoms with van der Waals surface area (Å²) in [5, 5.41) is 4.46. The summed E-state index contributed by atoms with van der Waals surface area (Å²) in [6.45, 7) is 6.98. The van der Waals surface area contributed by atoms with E-state index in [4.69, 9.17) is 9.15 Å². The number of carbonyl (C=O) groups is 1. The Morgan fingerprint density at radius 2 is 2.00 bits per heavy atom. The average molecular weight is 523 g/mol. The van der Waals surface area contributed by atoms with Gasteiger partial charge in [0.05, 0.1) is 27.0 Å². The number of benzene rings is 2. The molecular formula is C31H32N3O3Si. The second-order valence-corrected chi connectivity index (χ2v) is 11.4. The number of nitrogens with zero attached hydrogens (tertiary/aromatic N) is 2. The molecule has 7 heteroatoms. The van der Waals surface area contributed by atoms with Crippen LogP contribution in [0.5, 0.6) is 5.75 Å². The third-order valence-corrected chi connectivity index (χ3v) is 8.60. The van der Waals surface area contributed by atoms with E-state index in [1.165, 1.54) is 0 Å². The predicted molar refractivity (Wildman–Crippen MR) is 150 cm³/mol. The van der Waals surface area contributed by atoms with Crippen LogP contribution in [0.25, 0.3) is 22.0 Å². The van der Waals surface area contributed by atoms with Crippen LogP contribution in [0.1, 0.15) is 52.3 Å². The Balaban J connectivity index is 1.32. The molecule has 2 aromatic heterocycles. The van der Waals surface area contributed by atoms with E-state index in [-0.39, 0.29) is 11.6 Å². The Morgan fingerprint density at radius 3 is 2.66 bits per heavy atom. The van der Waals surface area contributed by atoms with Gasteiger partial charge in [-0.05, 0) is 107 Å². The van der Waals surface area contributed by atoms with Gasteiger partial charge in [-0.3, -0.25) is 9.78 Å². The fourth-order valence-electron chi connectivity index (χ4n) is 5.59. The molecule has 4 aromatic rings. The van der Waals surface area contributed by atoms with Crippen molar-refractivity contribution >= 4 is 27.1 Å². The summed E-state index contributed by atoms with van der Waals surface area (Å²) in [5.74, 6) is 2.35. The Hall–Kier alpha value is -3.42. The number of ether oxygens (including phenoxy) is 1. The van der Waals surface area contributed by atoms with E-state index in [2.05, 4.69) is 56.8 Å². The molecule has 1 aliphatic heterocycles. The molecular weight excluding hydrogens is 490 g/mol. The molecule has 38 heavy (non-hydrogen) atoms. The van der Waals surface area contributed by atoms with Gasteiger partial charge in [0.15, 0.2) is 0 Å². The first-order valence-electron chi connectivity index (χ1n) is 13.2. The third kappa shape index (κ3) is 4.44. The molecule has 193 valence electrons. The highest BCUT2D eigenvalue weighted by Gasteiger charge is 2.47. The number of rotatable bonds is 7. The largest absolute Gasteiger partial charge is 0.493 e. The first kappa shape index (κ1) is 24.9. The molecule has 2 atom stereocenters. The minimum absolute atomic E-state index is 0.0884. The molecule has 3 radical (unpaired) electrons. The van der Waals surface area contributed by atoms with Gasteiger partial charge < -0.3 is 19.4 Å². The van der Waals surface area contributed by atoms with Gasteiger partial charge in [-0.15, -0.1) is 0 Å². The summed E-state index contributed by atoms with van der Waals surface area (Å²) in [5.41, 5.74) is 5.11. The molecule has 2 aromatic carbocycles. The number of carbonyl (C=O) groups excluding carboxylic acids is 1. The Labute approximate surface area is 226 Å². The van der Waals surface area contributed by atoms with Crippen LogP contribution in [0.15, 0.2) is 59.1 Å². The zero-order valence-corrected chi connectivity index (χ0v) is 23.3. The van der Waals surface area contributed by atoms with Crippen LogP contribution >= 0.6 is 0 Å². The lowest BCUT2D eigenvalue weighted by atomic mass is 9.93. The third-order valence-electron chi connectivity index (χ3n) is 8.10. The van der Waals surface area contributed by atoms with Crippen molar-refractivity contribution < 1.29 is 13.9 Å². The standard InChI is InChI=1S/C31H32N3O3Si/c1-18-7-8-22(37-30(38)28-9-13-34(28)4)17-24(18)29(35)33-31(10-11-31)26-15-21(25-14-19(2)36-20(25)3)16-27-23(26)6-5-12-32-27/h5-8,12,14-17,28,30H,9-11,13H2,1-4H3,(H,33,35)/t28-,30?/m0/s1. The van der Waals surface area contributed by atoms with E-state index in [1.807, 2.05) is 51.2 Å². The van der Waals surface area contributed by atoms with Gasteiger partial charge in [0.1, 0.15) is 17.3 Å². The number of likely N-dealkylation sites (N-methyl/N-ethyl adjacent to an activating group) is 1. The Bertz CT molecular complexity index is 1540. The first-order valence-corrected chi connectivity index (χ1v) is 13.8. The summed E-state index contributed by atoms with van der Waals surface area (Å²) in [4.78, 5) is 20.6. The summed E-state index contributed by atoms with van der Waals surface area (Å²) in [7, 11) is 5.83. The molecule has 1 N–H and O–H groups in total. The summed E-state index contributed by atoms with van der Waals surface area (Å²) in [6, 6.07) is 16.5.